The lowest BCUT2D eigenvalue weighted by atomic mass is 10.1. The topological polar surface area (TPSA) is 26.3 Å². The third kappa shape index (κ3) is 2.11. The van der Waals surface area contributed by atoms with Crippen molar-refractivity contribution in [3.05, 3.63) is 37.0 Å². The van der Waals surface area contributed by atoms with E-state index in [-0.39, 0.29) is 5.78 Å². The van der Waals surface area contributed by atoms with Gasteiger partial charge in [0.2, 0.25) is 5.78 Å². The molecule has 13 heavy (non-hydrogen) atoms. The van der Waals surface area contributed by atoms with Crippen LogP contribution >= 0.6 is 11.8 Å². The molecule has 0 heterocycles. The zero-order chi connectivity index (χ0) is 9.73. The van der Waals surface area contributed by atoms with Crippen LogP contribution in [0, 0.1) is 0 Å². The van der Waals surface area contributed by atoms with Crippen LogP contribution in [-0.2, 0) is 9.53 Å². The fraction of sp³-hybridized carbons (Fsp3) is 0.300. The standard InChI is InChI=1S/C10H12O2S/c1-3-8-13-10(12-2)7-5-4-6-9(10)11/h3-7H,1,8H2,2H3. The molecule has 70 valence electrons. The number of ketones is 1. The van der Waals surface area contributed by atoms with Crippen molar-refractivity contribution in [2.45, 2.75) is 4.93 Å². The van der Waals surface area contributed by atoms with Gasteiger partial charge in [0.05, 0.1) is 0 Å². The van der Waals surface area contributed by atoms with E-state index in [1.54, 1.807) is 18.2 Å². The first kappa shape index (κ1) is 10.3. The number of allylic oxidation sites excluding steroid dienone is 2. The van der Waals surface area contributed by atoms with Crippen LogP contribution in [0.5, 0.6) is 0 Å². The molecule has 0 bridgehead atoms. The molecule has 0 spiro atoms. The molecule has 0 aromatic rings. The number of thioether (sulfide) groups is 1. The summed E-state index contributed by atoms with van der Waals surface area (Å²) in [4.78, 5) is 10.7. The molecule has 1 aliphatic rings. The van der Waals surface area contributed by atoms with Crippen molar-refractivity contribution in [2.75, 3.05) is 12.9 Å². The van der Waals surface area contributed by atoms with E-state index in [1.807, 2.05) is 6.08 Å². The molecule has 0 saturated heterocycles. The highest BCUT2D eigenvalue weighted by Gasteiger charge is 2.35. The smallest absolute Gasteiger partial charge is 0.201 e. The SMILES string of the molecule is C=CCSC1(OC)C=CC=CC1=O. The van der Waals surface area contributed by atoms with Gasteiger partial charge in [-0.1, -0.05) is 18.2 Å². The summed E-state index contributed by atoms with van der Waals surface area (Å²) in [6.45, 7) is 3.61. The van der Waals surface area contributed by atoms with Crippen LogP contribution in [-0.4, -0.2) is 23.6 Å². The van der Waals surface area contributed by atoms with Gasteiger partial charge in [-0.05, 0) is 12.2 Å². The Morgan fingerprint density at radius 2 is 2.46 bits per heavy atom. The van der Waals surface area contributed by atoms with Gasteiger partial charge in [0, 0.05) is 12.9 Å². The fourth-order valence-electron chi connectivity index (χ4n) is 1.05. The quantitative estimate of drug-likeness (QED) is 0.508. The molecule has 1 aliphatic carbocycles. The van der Waals surface area contributed by atoms with Gasteiger partial charge in [-0.2, -0.15) is 0 Å². The maximum atomic E-state index is 11.5. The first-order chi connectivity index (χ1) is 6.25. The Balaban J connectivity index is 2.79. The molecule has 0 aromatic heterocycles. The van der Waals surface area contributed by atoms with E-state index in [9.17, 15) is 4.79 Å². The van der Waals surface area contributed by atoms with Crippen LogP contribution in [0.4, 0.5) is 0 Å². The Labute approximate surface area is 82.3 Å². The summed E-state index contributed by atoms with van der Waals surface area (Å²) < 4.78 is 5.22. The van der Waals surface area contributed by atoms with Gasteiger partial charge in [-0.3, -0.25) is 4.79 Å². The van der Waals surface area contributed by atoms with E-state index >= 15 is 0 Å². The minimum Gasteiger partial charge on any atom is -0.356 e. The number of carbonyl (C=O) groups excluding carboxylic acids is 1. The minimum atomic E-state index is -0.830. The first-order valence-corrected chi connectivity index (χ1v) is 4.94. The molecule has 2 nitrogen and oxygen atoms in total. The predicted molar refractivity (Wildman–Crippen MR) is 55.7 cm³/mol. The number of hydrogen-bond acceptors (Lipinski definition) is 3. The number of methoxy groups -OCH3 is 1. The summed E-state index contributed by atoms with van der Waals surface area (Å²) in [5.74, 6) is 0.668. The summed E-state index contributed by atoms with van der Waals surface area (Å²) >= 11 is 1.43. The van der Waals surface area contributed by atoms with E-state index in [0.29, 0.717) is 5.75 Å². The van der Waals surface area contributed by atoms with Crippen LogP contribution in [0.3, 0.4) is 0 Å². The van der Waals surface area contributed by atoms with Crippen molar-refractivity contribution in [1.29, 1.82) is 0 Å². The minimum absolute atomic E-state index is 0.0237. The van der Waals surface area contributed by atoms with Crippen LogP contribution < -0.4 is 0 Å². The molecule has 0 amide bonds. The van der Waals surface area contributed by atoms with E-state index in [1.165, 1.54) is 24.9 Å². The molecule has 0 aromatic carbocycles. The highest BCUT2D eigenvalue weighted by molar-refractivity contribution is 8.01. The molecule has 3 heteroatoms. The third-order valence-electron chi connectivity index (χ3n) is 1.74. The number of hydrogen-bond donors (Lipinski definition) is 0. The monoisotopic (exact) mass is 196 g/mol. The second-order valence-electron chi connectivity index (χ2n) is 2.55. The molecule has 0 radical (unpaired) electrons. The first-order valence-electron chi connectivity index (χ1n) is 3.95. The Morgan fingerprint density at radius 3 is 3.00 bits per heavy atom. The van der Waals surface area contributed by atoms with Crippen molar-refractivity contribution in [2.24, 2.45) is 0 Å². The van der Waals surface area contributed by atoms with Gasteiger partial charge in [-0.15, -0.1) is 18.3 Å². The number of rotatable bonds is 4. The molecule has 0 fully saturated rings. The van der Waals surface area contributed by atoms with E-state index in [0.717, 1.165) is 0 Å². The van der Waals surface area contributed by atoms with Gasteiger partial charge in [0.1, 0.15) is 0 Å². The Morgan fingerprint density at radius 1 is 1.69 bits per heavy atom. The molecule has 0 aliphatic heterocycles. The average Bonchev–Trinajstić information content (AvgIpc) is 2.17. The maximum absolute atomic E-state index is 11.5. The number of carbonyl (C=O) groups is 1. The van der Waals surface area contributed by atoms with Gasteiger partial charge in [-0.25, -0.2) is 0 Å². The van der Waals surface area contributed by atoms with Gasteiger partial charge >= 0.3 is 0 Å². The van der Waals surface area contributed by atoms with Crippen LogP contribution in [0.15, 0.2) is 37.0 Å². The normalized spacial score (nSPS) is 26.4. The Bertz CT molecular complexity index is 268. The average molecular weight is 196 g/mol. The highest BCUT2D eigenvalue weighted by atomic mass is 32.2. The lowest BCUT2D eigenvalue weighted by Gasteiger charge is -2.26. The molecular formula is C10H12O2S. The van der Waals surface area contributed by atoms with E-state index in [4.69, 9.17) is 4.74 Å². The molecule has 1 rings (SSSR count). The van der Waals surface area contributed by atoms with Gasteiger partial charge < -0.3 is 4.74 Å². The van der Waals surface area contributed by atoms with Gasteiger partial charge in [0.25, 0.3) is 0 Å². The van der Waals surface area contributed by atoms with Crippen molar-refractivity contribution in [3.8, 4) is 0 Å². The maximum Gasteiger partial charge on any atom is 0.201 e. The van der Waals surface area contributed by atoms with Crippen LogP contribution in [0.1, 0.15) is 0 Å². The van der Waals surface area contributed by atoms with Crippen molar-refractivity contribution in [3.63, 3.8) is 0 Å². The molecule has 1 unspecified atom stereocenters. The zero-order valence-electron chi connectivity index (χ0n) is 7.53. The van der Waals surface area contributed by atoms with Crippen molar-refractivity contribution >= 4 is 17.5 Å². The van der Waals surface area contributed by atoms with Crippen molar-refractivity contribution < 1.29 is 9.53 Å². The molecule has 0 saturated carbocycles. The molecule has 0 N–H and O–H groups in total. The predicted octanol–water partition coefficient (Wildman–Crippen LogP) is 1.94. The molecule has 1 atom stereocenters. The lowest BCUT2D eigenvalue weighted by molar-refractivity contribution is -0.123. The molecular weight excluding hydrogens is 184 g/mol. The highest BCUT2D eigenvalue weighted by Crippen LogP contribution is 2.31. The Kier molecular flexibility index (Phi) is 3.51. The summed E-state index contributed by atoms with van der Waals surface area (Å²) in [6, 6.07) is 0. The second kappa shape index (κ2) is 4.44. The summed E-state index contributed by atoms with van der Waals surface area (Å²) in [5.41, 5.74) is 0. The summed E-state index contributed by atoms with van der Waals surface area (Å²) in [7, 11) is 1.54. The van der Waals surface area contributed by atoms with Crippen LogP contribution in [0.2, 0.25) is 0 Å². The Hall–Kier alpha value is -0.800. The summed E-state index contributed by atoms with van der Waals surface area (Å²) in [5, 5.41) is 0. The zero-order valence-corrected chi connectivity index (χ0v) is 8.34. The van der Waals surface area contributed by atoms with E-state index in [2.05, 4.69) is 6.58 Å². The largest absolute Gasteiger partial charge is 0.356 e. The fourth-order valence-corrected chi connectivity index (χ4v) is 1.92. The lowest BCUT2D eigenvalue weighted by Crippen LogP contribution is -2.35. The van der Waals surface area contributed by atoms with Gasteiger partial charge in [0.15, 0.2) is 4.93 Å². The third-order valence-corrected chi connectivity index (χ3v) is 3.07. The second-order valence-corrected chi connectivity index (χ2v) is 3.78. The number of ether oxygens (including phenoxy) is 1. The van der Waals surface area contributed by atoms with Crippen molar-refractivity contribution in [1.82, 2.24) is 0 Å². The van der Waals surface area contributed by atoms with Crippen LogP contribution in [0.25, 0.3) is 0 Å². The summed E-state index contributed by atoms with van der Waals surface area (Å²) in [6.07, 6.45) is 8.59. The van der Waals surface area contributed by atoms with E-state index < -0.39 is 4.93 Å².